The number of amides is 1. The van der Waals surface area contributed by atoms with Gasteiger partial charge in [0.05, 0.1) is 12.6 Å². The largest absolute Gasteiger partial charge is 0.394 e. The number of aliphatic hydroxyl groups excluding tert-OH is 1. The summed E-state index contributed by atoms with van der Waals surface area (Å²) in [6, 6.07) is 0.0868. The molecule has 0 radical (unpaired) electrons. The Morgan fingerprint density at radius 2 is 2.00 bits per heavy atom. The summed E-state index contributed by atoms with van der Waals surface area (Å²) < 4.78 is 0. The van der Waals surface area contributed by atoms with Crippen molar-refractivity contribution in [3.05, 3.63) is 0 Å². The highest BCUT2D eigenvalue weighted by molar-refractivity contribution is 5.79. The maximum atomic E-state index is 12.3. The molecule has 94 valence electrons. The number of carbonyl (C=O) groups excluding carboxylic acids is 1. The quantitative estimate of drug-likeness (QED) is 0.755. The second-order valence-electron chi connectivity index (χ2n) is 4.78. The molecule has 1 aliphatic rings. The van der Waals surface area contributed by atoms with Gasteiger partial charge >= 0.3 is 0 Å². The van der Waals surface area contributed by atoms with Crippen molar-refractivity contribution in [3.63, 3.8) is 0 Å². The van der Waals surface area contributed by atoms with Crippen molar-refractivity contribution in [2.24, 2.45) is 5.92 Å². The number of aliphatic hydroxyl groups is 1. The molecule has 1 amide bonds. The van der Waals surface area contributed by atoms with E-state index in [4.69, 9.17) is 0 Å². The van der Waals surface area contributed by atoms with E-state index < -0.39 is 0 Å². The van der Waals surface area contributed by atoms with Crippen LogP contribution in [0.3, 0.4) is 0 Å². The molecule has 1 aliphatic heterocycles. The summed E-state index contributed by atoms with van der Waals surface area (Å²) in [6.45, 7) is 5.22. The highest BCUT2D eigenvalue weighted by Gasteiger charge is 2.31. The first kappa shape index (κ1) is 13.5. The fourth-order valence-electron chi connectivity index (χ4n) is 2.64. The average Bonchev–Trinajstić information content (AvgIpc) is 2.75. The van der Waals surface area contributed by atoms with Gasteiger partial charge in [0.25, 0.3) is 0 Å². The van der Waals surface area contributed by atoms with E-state index in [0.717, 1.165) is 45.1 Å². The minimum absolute atomic E-state index is 0.0868. The van der Waals surface area contributed by atoms with Crippen molar-refractivity contribution in [2.45, 2.75) is 58.4 Å². The van der Waals surface area contributed by atoms with Gasteiger partial charge in [0.1, 0.15) is 0 Å². The first-order chi connectivity index (χ1) is 7.74. The minimum Gasteiger partial charge on any atom is -0.394 e. The molecule has 0 aromatic carbocycles. The van der Waals surface area contributed by atoms with Gasteiger partial charge in [-0.1, -0.05) is 26.7 Å². The smallest absolute Gasteiger partial charge is 0.226 e. The van der Waals surface area contributed by atoms with Crippen molar-refractivity contribution in [1.82, 2.24) is 4.90 Å². The lowest BCUT2D eigenvalue weighted by atomic mass is 9.96. The molecule has 1 heterocycles. The van der Waals surface area contributed by atoms with E-state index in [1.165, 1.54) is 0 Å². The predicted octanol–water partition coefficient (Wildman–Crippen LogP) is 2.19. The molecule has 0 aliphatic carbocycles. The zero-order valence-electron chi connectivity index (χ0n) is 10.6. The van der Waals surface area contributed by atoms with Gasteiger partial charge in [-0.05, 0) is 25.7 Å². The van der Waals surface area contributed by atoms with Gasteiger partial charge in [-0.2, -0.15) is 0 Å². The monoisotopic (exact) mass is 227 g/mol. The van der Waals surface area contributed by atoms with Gasteiger partial charge in [-0.3, -0.25) is 4.79 Å². The summed E-state index contributed by atoms with van der Waals surface area (Å²) in [4.78, 5) is 14.2. The van der Waals surface area contributed by atoms with E-state index in [2.05, 4.69) is 13.8 Å². The lowest BCUT2D eigenvalue weighted by Gasteiger charge is -2.27. The number of hydrogen-bond donors (Lipinski definition) is 1. The second-order valence-corrected chi connectivity index (χ2v) is 4.78. The molecule has 1 fully saturated rings. The second kappa shape index (κ2) is 6.89. The number of carbonyl (C=O) groups is 1. The lowest BCUT2D eigenvalue weighted by molar-refractivity contribution is -0.137. The van der Waals surface area contributed by atoms with Gasteiger partial charge in [0.15, 0.2) is 0 Å². The molecule has 0 bridgehead atoms. The molecule has 1 unspecified atom stereocenters. The molecule has 3 nitrogen and oxygen atoms in total. The molecular formula is C13H25NO2. The predicted molar refractivity (Wildman–Crippen MR) is 65.1 cm³/mol. The van der Waals surface area contributed by atoms with Crippen LogP contribution in [-0.2, 0) is 4.79 Å². The molecule has 0 saturated carbocycles. The van der Waals surface area contributed by atoms with E-state index in [0.29, 0.717) is 0 Å². The van der Waals surface area contributed by atoms with Crippen LogP contribution in [0.4, 0.5) is 0 Å². The van der Waals surface area contributed by atoms with Crippen molar-refractivity contribution < 1.29 is 9.90 Å². The zero-order valence-corrected chi connectivity index (χ0v) is 10.6. The Labute approximate surface area is 98.8 Å². The molecule has 0 aromatic heterocycles. The Balaban J connectivity index is 2.58. The first-order valence-electron chi connectivity index (χ1n) is 6.65. The summed E-state index contributed by atoms with van der Waals surface area (Å²) in [5.41, 5.74) is 0. The van der Waals surface area contributed by atoms with Gasteiger partial charge in [-0.15, -0.1) is 0 Å². The van der Waals surface area contributed by atoms with Crippen molar-refractivity contribution >= 4 is 5.91 Å². The van der Waals surface area contributed by atoms with Gasteiger partial charge in [0, 0.05) is 12.5 Å². The van der Waals surface area contributed by atoms with Crippen LogP contribution in [0.1, 0.15) is 52.4 Å². The van der Waals surface area contributed by atoms with E-state index in [1.54, 1.807) is 0 Å². The van der Waals surface area contributed by atoms with Gasteiger partial charge < -0.3 is 10.0 Å². The van der Waals surface area contributed by atoms with E-state index >= 15 is 0 Å². The molecule has 3 heteroatoms. The van der Waals surface area contributed by atoms with E-state index in [-0.39, 0.29) is 24.5 Å². The zero-order chi connectivity index (χ0) is 12.0. The first-order valence-corrected chi connectivity index (χ1v) is 6.65. The number of hydrogen-bond acceptors (Lipinski definition) is 2. The van der Waals surface area contributed by atoms with Crippen LogP contribution in [0.2, 0.25) is 0 Å². The number of nitrogens with zero attached hydrogens (tertiary/aromatic N) is 1. The summed E-state index contributed by atoms with van der Waals surface area (Å²) in [6.07, 6.45) is 6.11. The molecule has 1 rings (SSSR count). The van der Waals surface area contributed by atoms with Crippen LogP contribution in [0, 0.1) is 5.92 Å². The molecule has 1 N–H and O–H groups in total. The van der Waals surface area contributed by atoms with Crippen LogP contribution in [-0.4, -0.2) is 35.1 Å². The Morgan fingerprint density at radius 1 is 1.38 bits per heavy atom. The lowest BCUT2D eigenvalue weighted by Crippen LogP contribution is -2.41. The highest BCUT2D eigenvalue weighted by atomic mass is 16.3. The normalized spacial score (nSPS) is 20.8. The van der Waals surface area contributed by atoms with Crippen LogP contribution in [0.15, 0.2) is 0 Å². The minimum atomic E-state index is 0.0868. The van der Waals surface area contributed by atoms with E-state index in [9.17, 15) is 9.90 Å². The highest BCUT2D eigenvalue weighted by Crippen LogP contribution is 2.23. The van der Waals surface area contributed by atoms with Gasteiger partial charge in [0.2, 0.25) is 5.91 Å². The van der Waals surface area contributed by atoms with Crippen molar-refractivity contribution in [1.29, 1.82) is 0 Å². The fraction of sp³-hybridized carbons (Fsp3) is 0.923. The van der Waals surface area contributed by atoms with Crippen LogP contribution < -0.4 is 0 Å². The topological polar surface area (TPSA) is 40.5 Å². The SMILES string of the molecule is CCCC(CCC)C(=O)N1CCCC1CO. The molecule has 16 heavy (non-hydrogen) atoms. The maximum absolute atomic E-state index is 12.3. The van der Waals surface area contributed by atoms with Gasteiger partial charge in [-0.25, -0.2) is 0 Å². The third kappa shape index (κ3) is 3.21. The molecule has 0 aromatic rings. The molecule has 0 spiro atoms. The Morgan fingerprint density at radius 3 is 2.50 bits per heavy atom. The average molecular weight is 227 g/mol. The van der Waals surface area contributed by atoms with Crippen molar-refractivity contribution in [2.75, 3.05) is 13.2 Å². The maximum Gasteiger partial charge on any atom is 0.226 e. The number of rotatable bonds is 6. The summed E-state index contributed by atoms with van der Waals surface area (Å²) in [5, 5.41) is 9.23. The molecular weight excluding hydrogens is 202 g/mol. The van der Waals surface area contributed by atoms with Crippen LogP contribution in [0.5, 0.6) is 0 Å². The van der Waals surface area contributed by atoms with Crippen LogP contribution >= 0.6 is 0 Å². The summed E-state index contributed by atoms with van der Waals surface area (Å²) in [7, 11) is 0. The Bertz CT molecular complexity index is 212. The van der Waals surface area contributed by atoms with Crippen molar-refractivity contribution in [3.8, 4) is 0 Å². The molecule has 1 saturated heterocycles. The summed E-state index contributed by atoms with van der Waals surface area (Å²) in [5.74, 6) is 0.461. The fourth-order valence-corrected chi connectivity index (χ4v) is 2.64. The standard InChI is InChI=1S/C13H25NO2/c1-3-6-11(7-4-2)13(16)14-9-5-8-12(14)10-15/h11-12,15H,3-10H2,1-2H3. The van der Waals surface area contributed by atoms with Crippen LogP contribution in [0.25, 0.3) is 0 Å². The number of likely N-dealkylation sites (tertiary alicyclic amines) is 1. The summed E-state index contributed by atoms with van der Waals surface area (Å²) >= 11 is 0. The Kier molecular flexibility index (Phi) is 5.81. The van der Waals surface area contributed by atoms with E-state index in [1.807, 2.05) is 4.90 Å². The Hall–Kier alpha value is -0.570. The third-order valence-corrected chi connectivity index (χ3v) is 3.49. The third-order valence-electron chi connectivity index (χ3n) is 3.49. The molecule has 1 atom stereocenters.